The number of carbonyl (C=O) groups excluding carboxylic acids is 1. The molecule has 4 nitrogen and oxygen atoms in total. The van der Waals surface area contributed by atoms with Crippen LogP contribution in [-0.4, -0.2) is 25.2 Å². The van der Waals surface area contributed by atoms with E-state index in [9.17, 15) is 9.18 Å². The molecule has 1 N–H and O–H groups in total. The third-order valence-electron chi connectivity index (χ3n) is 2.08. The molecule has 0 bridgehead atoms. The summed E-state index contributed by atoms with van der Waals surface area (Å²) in [7, 11) is 1.47. The first-order chi connectivity index (χ1) is 8.31. The maximum Gasteiger partial charge on any atom is 0.250 e. The Labute approximate surface area is 106 Å². The lowest BCUT2D eigenvalue weighted by Gasteiger charge is -2.19. The summed E-state index contributed by atoms with van der Waals surface area (Å²) in [6.07, 6.45) is 0. The second-order valence-corrected chi connectivity index (χ2v) is 4.80. The summed E-state index contributed by atoms with van der Waals surface area (Å²) in [4.78, 5) is 11.6. The lowest BCUT2D eigenvalue weighted by Crippen LogP contribution is -2.27. The SMILES string of the molecule is COc1ccc(F)c(NC(=O)COC(C)(C)C)c1. The van der Waals surface area contributed by atoms with Crippen molar-refractivity contribution in [2.75, 3.05) is 19.0 Å². The molecule has 5 heteroatoms. The highest BCUT2D eigenvalue weighted by Gasteiger charge is 2.14. The monoisotopic (exact) mass is 255 g/mol. The minimum atomic E-state index is -0.514. The van der Waals surface area contributed by atoms with Gasteiger partial charge in [0.2, 0.25) is 5.91 Å². The molecule has 1 aromatic rings. The molecule has 0 unspecified atom stereocenters. The van der Waals surface area contributed by atoms with Crippen LogP contribution in [0.2, 0.25) is 0 Å². The van der Waals surface area contributed by atoms with Gasteiger partial charge in [0, 0.05) is 6.07 Å². The topological polar surface area (TPSA) is 47.6 Å². The van der Waals surface area contributed by atoms with Gasteiger partial charge in [-0.15, -0.1) is 0 Å². The standard InChI is InChI=1S/C13H18FNO3/c1-13(2,3)18-8-12(16)15-11-7-9(17-4)5-6-10(11)14/h5-7H,8H2,1-4H3,(H,15,16). The zero-order chi connectivity index (χ0) is 13.8. The molecule has 0 aliphatic heterocycles. The van der Waals surface area contributed by atoms with E-state index in [1.165, 1.54) is 25.3 Å². The van der Waals surface area contributed by atoms with Gasteiger partial charge in [0.15, 0.2) is 0 Å². The van der Waals surface area contributed by atoms with E-state index in [0.29, 0.717) is 5.75 Å². The zero-order valence-corrected chi connectivity index (χ0v) is 11.0. The molecule has 0 radical (unpaired) electrons. The third-order valence-corrected chi connectivity index (χ3v) is 2.08. The van der Waals surface area contributed by atoms with Crippen LogP contribution < -0.4 is 10.1 Å². The van der Waals surface area contributed by atoms with E-state index in [1.54, 1.807) is 0 Å². The largest absolute Gasteiger partial charge is 0.497 e. The third kappa shape index (κ3) is 4.71. The smallest absolute Gasteiger partial charge is 0.250 e. The van der Waals surface area contributed by atoms with E-state index < -0.39 is 17.3 Å². The molecule has 0 saturated carbocycles. The van der Waals surface area contributed by atoms with Gasteiger partial charge in [0.05, 0.1) is 18.4 Å². The van der Waals surface area contributed by atoms with E-state index in [-0.39, 0.29) is 12.3 Å². The van der Waals surface area contributed by atoms with E-state index in [2.05, 4.69) is 5.32 Å². The van der Waals surface area contributed by atoms with Gasteiger partial charge >= 0.3 is 0 Å². The summed E-state index contributed by atoms with van der Waals surface area (Å²) in [5.74, 6) is -0.444. The number of nitrogens with one attached hydrogen (secondary N) is 1. The van der Waals surface area contributed by atoms with Gasteiger partial charge < -0.3 is 14.8 Å². The number of anilines is 1. The van der Waals surface area contributed by atoms with E-state index in [0.717, 1.165) is 0 Å². The van der Waals surface area contributed by atoms with Crippen LogP contribution in [0, 0.1) is 5.82 Å². The van der Waals surface area contributed by atoms with Crippen molar-refractivity contribution in [1.29, 1.82) is 0 Å². The first-order valence-corrected chi connectivity index (χ1v) is 5.59. The van der Waals surface area contributed by atoms with Crippen LogP contribution >= 0.6 is 0 Å². The maximum absolute atomic E-state index is 13.4. The normalized spacial score (nSPS) is 11.2. The number of benzene rings is 1. The van der Waals surface area contributed by atoms with Crippen LogP contribution in [-0.2, 0) is 9.53 Å². The van der Waals surface area contributed by atoms with Gasteiger partial charge in [-0.05, 0) is 32.9 Å². The second-order valence-electron chi connectivity index (χ2n) is 4.80. The first-order valence-electron chi connectivity index (χ1n) is 5.59. The highest BCUT2D eigenvalue weighted by molar-refractivity contribution is 5.92. The fourth-order valence-electron chi connectivity index (χ4n) is 1.20. The summed E-state index contributed by atoms with van der Waals surface area (Å²) in [6, 6.07) is 4.14. The number of amides is 1. The lowest BCUT2D eigenvalue weighted by atomic mass is 10.2. The molecule has 1 amide bonds. The van der Waals surface area contributed by atoms with E-state index >= 15 is 0 Å². The number of halogens is 1. The molecular formula is C13H18FNO3. The summed E-state index contributed by atoms with van der Waals surface area (Å²) >= 11 is 0. The lowest BCUT2D eigenvalue weighted by molar-refractivity contribution is -0.125. The molecule has 0 aliphatic carbocycles. The molecule has 0 saturated heterocycles. The molecule has 1 rings (SSSR count). The van der Waals surface area contributed by atoms with Gasteiger partial charge in [0.1, 0.15) is 18.2 Å². The van der Waals surface area contributed by atoms with Gasteiger partial charge in [-0.25, -0.2) is 4.39 Å². The second kappa shape index (κ2) is 5.82. The summed E-state index contributed by atoms with van der Waals surface area (Å²) in [5, 5.41) is 2.44. The molecular weight excluding hydrogens is 237 g/mol. The van der Waals surface area contributed by atoms with E-state index in [4.69, 9.17) is 9.47 Å². The quantitative estimate of drug-likeness (QED) is 0.899. The van der Waals surface area contributed by atoms with Crippen LogP contribution in [0.1, 0.15) is 20.8 Å². The number of ether oxygens (including phenoxy) is 2. The Bertz CT molecular complexity index is 427. The van der Waals surface area contributed by atoms with Gasteiger partial charge in [-0.3, -0.25) is 4.79 Å². The van der Waals surface area contributed by atoms with E-state index in [1.807, 2.05) is 20.8 Å². The fourth-order valence-corrected chi connectivity index (χ4v) is 1.20. The van der Waals surface area contributed by atoms with Crippen molar-refractivity contribution in [3.05, 3.63) is 24.0 Å². The molecule has 0 spiro atoms. The Balaban J connectivity index is 2.64. The molecule has 0 heterocycles. The van der Waals surface area contributed by atoms with Crippen molar-refractivity contribution >= 4 is 11.6 Å². The average molecular weight is 255 g/mol. The molecule has 0 aromatic heterocycles. The summed E-state index contributed by atoms with van der Waals surface area (Å²) in [5.41, 5.74) is -0.332. The number of rotatable bonds is 4. The fraction of sp³-hybridized carbons (Fsp3) is 0.462. The minimum Gasteiger partial charge on any atom is -0.497 e. The van der Waals surface area contributed by atoms with Crippen molar-refractivity contribution in [3.63, 3.8) is 0 Å². The molecule has 1 aromatic carbocycles. The van der Waals surface area contributed by atoms with Gasteiger partial charge in [0.25, 0.3) is 0 Å². The van der Waals surface area contributed by atoms with Crippen molar-refractivity contribution in [2.24, 2.45) is 0 Å². The van der Waals surface area contributed by atoms with Crippen LogP contribution in [0.4, 0.5) is 10.1 Å². The van der Waals surface area contributed by atoms with Crippen molar-refractivity contribution in [3.8, 4) is 5.75 Å². The average Bonchev–Trinajstić information content (AvgIpc) is 2.28. The van der Waals surface area contributed by atoms with Crippen LogP contribution in [0.25, 0.3) is 0 Å². The van der Waals surface area contributed by atoms with Crippen LogP contribution in [0.15, 0.2) is 18.2 Å². The van der Waals surface area contributed by atoms with Crippen LogP contribution in [0.5, 0.6) is 5.75 Å². The van der Waals surface area contributed by atoms with Gasteiger partial charge in [-0.2, -0.15) is 0 Å². The maximum atomic E-state index is 13.4. The van der Waals surface area contributed by atoms with Crippen molar-refractivity contribution < 1.29 is 18.7 Å². The first kappa shape index (κ1) is 14.4. The van der Waals surface area contributed by atoms with Crippen molar-refractivity contribution in [2.45, 2.75) is 26.4 Å². The molecule has 100 valence electrons. The Morgan fingerprint density at radius 3 is 2.61 bits per heavy atom. The highest BCUT2D eigenvalue weighted by Crippen LogP contribution is 2.21. The van der Waals surface area contributed by atoms with Crippen molar-refractivity contribution in [1.82, 2.24) is 0 Å². The summed E-state index contributed by atoms with van der Waals surface area (Å²) in [6.45, 7) is 5.39. The predicted molar refractivity (Wildman–Crippen MR) is 67.3 cm³/mol. The highest BCUT2D eigenvalue weighted by atomic mass is 19.1. The Kier molecular flexibility index (Phi) is 4.67. The molecule has 0 fully saturated rings. The number of hydrogen-bond donors (Lipinski definition) is 1. The number of carbonyl (C=O) groups is 1. The Hall–Kier alpha value is -1.62. The minimum absolute atomic E-state index is 0.0804. The Morgan fingerprint density at radius 1 is 1.39 bits per heavy atom. The van der Waals surface area contributed by atoms with Crippen LogP contribution in [0.3, 0.4) is 0 Å². The molecule has 0 atom stereocenters. The number of hydrogen-bond acceptors (Lipinski definition) is 3. The Morgan fingerprint density at radius 2 is 2.06 bits per heavy atom. The van der Waals surface area contributed by atoms with Gasteiger partial charge in [-0.1, -0.05) is 0 Å². The zero-order valence-electron chi connectivity index (χ0n) is 11.0. The molecule has 0 aliphatic rings. The summed E-state index contributed by atoms with van der Waals surface area (Å²) < 4.78 is 23.7. The predicted octanol–water partition coefficient (Wildman–Crippen LogP) is 2.59. The molecule has 18 heavy (non-hydrogen) atoms. The number of methoxy groups -OCH3 is 1.